The van der Waals surface area contributed by atoms with E-state index in [1.54, 1.807) is 0 Å². The fourth-order valence-electron chi connectivity index (χ4n) is 4.67. The average Bonchev–Trinajstić information content (AvgIpc) is 3.39. The number of hydrogen-bond acceptors (Lipinski definition) is 8. The van der Waals surface area contributed by atoms with Crippen LogP contribution in [0, 0.1) is 0 Å². The van der Waals surface area contributed by atoms with Crippen LogP contribution < -0.4 is 5.32 Å². The minimum Gasteiger partial charge on any atom is -0.475 e. The largest absolute Gasteiger partial charge is 0.490 e. The first-order valence-electron chi connectivity index (χ1n) is 13.4. The van der Waals surface area contributed by atoms with Crippen LogP contribution in [0.15, 0.2) is 60.8 Å². The number of alkyl halides is 6. The molecule has 1 unspecified atom stereocenters. The smallest absolute Gasteiger partial charge is 0.475 e. The second-order valence-electron chi connectivity index (χ2n) is 10.2. The summed E-state index contributed by atoms with van der Waals surface area (Å²) in [5, 5.41) is 26.9. The van der Waals surface area contributed by atoms with Crippen molar-refractivity contribution in [2.45, 2.75) is 50.5 Å². The van der Waals surface area contributed by atoms with Crippen LogP contribution in [-0.4, -0.2) is 74.2 Å². The van der Waals surface area contributed by atoms with Crippen LogP contribution >= 0.6 is 0 Å². The number of anilines is 1. The van der Waals surface area contributed by atoms with Gasteiger partial charge in [-0.05, 0) is 29.7 Å². The number of aliphatic hydroxyl groups is 1. The van der Waals surface area contributed by atoms with Gasteiger partial charge in [-0.15, -0.1) is 0 Å². The molecular weight excluding hydrogens is 614 g/mol. The Labute approximate surface area is 253 Å². The predicted octanol–water partition coefficient (Wildman–Crippen LogP) is 4.52. The highest BCUT2D eigenvalue weighted by Gasteiger charge is 2.45. The van der Waals surface area contributed by atoms with Crippen molar-refractivity contribution in [2.75, 3.05) is 25.0 Å². The summed E-state index contributed by atoms with van der Waals surface area (Å²) in [7, 11) is 0. The van der Waals surface area contributed by atoms with Crippen LogP contribution in [0.25, 0.3) is 0 Å². The van der Waals surface area contributed by atoms with Gasteiger partial charge in [0.15, 0.2) is 0 Å². The third-order valence-corrected chi connectivity index (χ3v) is 6.83. The molecule has 1 saturated heterocycles. The van der Waals surface area contributed by atoms with Crippen molar-refractivity contribution in [3.8, 4) is 0 Å². The summed E-state index contributed by atoms with van der Waals surface area (Å²) in [5.74, 6) is -4.83. The van der Waals surface area contributed by atoms with Gasteiger partial charge in [-0.3, -0.25) is 4.90 Å². The maximum absolute atomic E-state index is 10.6. The fourth-order valence-corrected chi connectivity index (χ4v) is 4.67. The van der Waals surface area contributed by atoms with E-state index in [1.165, 1.54) is 11.1 Å². The number of carbonyl (C=O) groups is 2. The number of nitrogens with zero attached hydrogens (tertiary/aromatic N) is 3. The quantitative estimate of drug-likeness (QED) is 0.283. The van der Waals surface area contributed by atoms with Crippen molar-refractivity contribution in [3.05, 3.63) is 88.7 Å². The van der Waals surface area contributed by atoms with Crippen molar-refractivity contribution in [1.29, 1.82) is 0 Å². The molecule has 5 rings (SSSR count). The van der Waals surface area contributed by atoms with E-state index in [1.807, 2.05) is 36.5 Å². The molecule has 1 spiro atoms. The number of aliphatic hydroxyl groups excluding tert-OH is 1. The maximum atomic E-state index is 10.6. The lowest BCUT2D eigenvalue weighted by Gasteiger charge is -2.34. The molecule has 0 bridgehead atoms. The summed E-state index contributed by atoms with van der Waals surface area (Å²) < 4.78 is 69.4. The van der Waals surface area contributed by atoms with E-state index < -0.39 is 24.3 Å². The summed E-state index contributed by atoms with van der Waals surface area (Å²) in [6.07, 6.45) is -7.21. The predicted molar refractivity (Wildman–Crippen MR) is 147 cm³/mol. The molecule has 1 atom stereocenters. The van der Waals surface area contributed by atoms with Crippen LogP contribution in [0.5, 0.6) is 0 Å². The molecule has 0 aliphatic carbocycles. The van der Waals surface area contributed by atoms with Gasteiger partial charge in [0.05, 0.1) is 30.9 Å². The SMILES string of the molecule is O=C(O)C(F)(F)F.O=C(O)C(F)(F)F.OCc1ccc(CN2CCC3(COCc4cnc(NCc5ccccc5)nc43)C2)cc1. The first-order valence-corrected chi connectivity index (χ1v) is 13.4. The summed E-state index contributed by atoms with van der Waals surface area (Å²) in [6.45, 7) is 4.92. The zero-order chi connectivity index (χ0) is 33.3. The number of benzene rings is 2. The molecule has 16 heteroatoms. The molecule has 10 nitrogen and oxygen atoms in total. The van der Waals surface area contributed by atoms with Crippen LogP contribution in [0.1, 0.15) is 34.4 Å². The molecule has 2 aliphatic heterocycles. The number of hydrogen-bond donors (Lipinski definition) is 4. The highest BCUT2D eigenvalue weighted by atomic mass is 19.4. The van der Waals surface area contributed by atoms with Crippen LogP contribution in [0.2, 0.25) is 0 Å². The third-order valence-electron chi connectivity index (χ3n) is 6.83. The molecule has 0 amide bonds. The molecule has 45 heavy (non-hydrogen) atoms. The lowest BCUT2D eigenvalue weighted by molar-refractivity contribution is -0.193. The molecule has 3 aromatic rings. The Balaban J connectivity index is 0.000000331. The number of halogens is 6. The number of nitrogens with one attached hydrogen (secondary N) is 1. The standard InChI is InChI=1S/C25H28N4O2.2C2HF3O2/c30-15-21-8-6-20(7-9-21)14-29-11-10-25(17-29)18-31-16-22-13-27-24(28-23(22)25)26-12-19-4-2-1-3-5-19;2*3-2(4,5)1(6)7/h1-9,13,30H,10-12,14-18H2,(H,26,27,28);2*(H,6,7). The molecule has 0 saturated carbocycles. The third kappa shape index (κ3) is 10.4. The number of carboxylic acid groups (broad SMARTS) is 2. The fraction of sp³-hybridized carbons (Fsp3) is 0.379. The molecule has 1 fully saturated rings. The minimum absolute atomic E-state index is 0.0786. The molecular formula is C29H30F6N4O6. The number of aromatic nitrogens is 2. The Morgan fingerprint density at radius 3 is 2.04 bits per heavy atom. The van der Waals surface area contributed by atoms with E-state index in [2.05, 4.69) is 39.5 Å². The van der Waals surface area contributed by atoms with Gasteiger partial charge < -0.3 is 25.4 Å². The highest BCUT2D eigenvalue weighted by Crippen LogP contribution is 2.39. The molecule has 2 aliphatic rings. The van der Waals surface area contributed by atoms with Crippen LogP contribution in [0.4, 0.5) is 32.3 Å². The lowest BCUT2D eigenvalue weighted by atomic mass is 9.80. The Hall–Kier alpha value is -4.28. The van der Waals surface area contributed by atoms with Crippen molar-refractivity contribution < 1.29 is 56.0 Å². The van der Waals surface area contributed by atoms with Crippen molar-refractivity contribution in [3.63, 3.8) is 0 Å². The van der Waals surface area contributed by atoms with Gasteiger partial charge in [0.1, 0.15) is 0 Å². The maximum Gasteiger partial charge on any atom is 0.490 e. The van der Waals surface area contributed by atoms with E-state index in [0.717, 1.165) is 42.9 Å². The normalized spacial score (nSPS) is 17.8. The van der Waals surface area contributed by atoms with Crippen molar-refractivity contribution in [2.24, 2.45) is 0 Å². The van der Waals surface area contributed by atoms with Gasteiger partial charge in [0.2, 0.25) is 5.95 Å². The minimum atomic E-state index is -5.08. The van der Waals surface area contributed by atoms with Gasteiger partial charge >= 0.3 is 24.3 Å². The van der Waals surface area contributed by atoms with E-state index in [-0.39, 0.29) is 12.0 Å². The zero-order valence-corrected chi connectivity index (χ0v) is 23.6. The van der Waals surface area contributed by atoms with Gasteiger partial charge in [-0.1, -0.05) is 54.6 Å². The Bertz CT molecular complexity index is 1400. The first-order chi connectivity index (χ1) is 21.1. The van der Waals surface area contributed by atoms with Gasteiger partial charge in [0.25, 0.3) is 0 Å². The second kappa shape index (κ2) is 15.1. The van der Waals surface area contributed by atoms with Crippen LogP contribution in [0.3, 0.4) is 0 Å². The topological polar surface area (TPSA) is 145 Å². The second-order valence-corrected chi connectivity index (χ2v) is 10.2. The summed E-state index contributed by atoms with van der Waals surface area (Å²) in [6, 6.07) is 18.5. The van der Waals surface area contributed by atoms with Gasteiger partial charge in [0, 0.05) is 31.4 Å². The highest BCUT2D eigenvalue weighted by molar-refractivity contribution is 5.73. The Morgan fingerprint density at radius 2 is 1.49 bits per heavy atom. The molecule has 244 valence electrons. The van der Waals surface area contributed by atoms with Crippen molar-refractivity contribution in [1.82, 2.24) is 14.9 Å². The number of ether oxygens (including phenoxy) is 1. The number of likely N-dealkylation sites (tertiary alicyclic amines) is 1. The Morgan fingerprint density at radius 1 is 0.911 bits per heavy atom. The number of carboxylic acids is 2. The van der Waals surface area contributed by atoms with Gasteiger partial charge in [-0.2, -0.15) is 26.3 Å². The Kier molecular flexibility index (Phi) is 11.8. The molecule has 2 aromatic carbocycles. The van der Waals surface area contributed by atoms with E-state index >= 15 is 0 Å². The molecule has 3 heterocycles. The van der Waals surface area contributed by atoms with Crippen LogP contribution in [-0.2, 0) is 46.0 Å². The summed E-state index contributed by atoms with van der Waals surface area (Å²) in [4.78, 5) is 29.8. The van der Waals surface area contributed by atoms with Crippen molar-refractivity contribution >= 4 is 17.9 Å². The average molecular weight is 645 g/mol. The monoisotopic (exact) mass is 644 g/mol. The zero-order valence-electron chi connectivity index (χ0n) is 23.6. The van der Waals surface area contributed by atoms with E-state index in [0.29, 0.717) is 25.7 Å². The molecule has 1 aromatic heterocycles. The number of aliphatic carboxylic acids is 2. The number of fused-ring (bicyclic) bond motifs is 2. The lowest BCUT2D eigenvalue weighted by Crippen LogP contribution is -2.40. The van der Waals surface area contributed by atoms with E-state index in [9.17, 15) is 31.4 Å². The number of rotatable bonds is 6. The summed E-state index contributed by atoms with van der Waals surface area (Å²) >= 11 is 0. The summed E-state index contributed by atoms with van der Waals surface area (Å²) in [5.41, 5.74) is 5.59. The van der Waals surface area contributed by atoms with Gasteiger partial charge in [-0.25, -0.2) is 19.6 Å². The van der Waals surface area contributed by atoms with E-state index in [4.69, 9.17) is 29.5 Å². The molecule has 0 radical (unpaired) electrons. The first kappa shape index (κ1) is 35.2. The molecule has 4 N–H and O–H groups in total.